The van der Waals surface area contributed by atoms with Gasteiger partial charge >= 0.3 is 18.6 Å². The van der Waals surface area contributed by atoms with Crippen LogP contribution >= 0.6 is 0 Å². The van der Waals surface area contributed by atoms with Crippen molar-refractivity contribution >= 4 is 56.9 Å². The quantitative estimate of drug-likeness (QED) is 0.0950. The maximum atomic E-state index is 13.4. The second kappa shape index (κ2) is 16.8. The van der Waals surface area contributed by atoms with E-state index in [-0.39, 0.29) is 40.4 Å². The molecule has 2 aromatic heterocycles. The molecule has 4 heterocycles. The molecule has 0 spiro atoms. The van der Waals surface area contributed by atoms with Crippen molar-refractivity contribution in [1.82, 2.24) is 9.97 Å². The number of halogens is 4. The van der Waals surface area contributed by atoms with Gasteiger partial charge < -0.3 is 40.4 Å². The number of aromatic carboxylic acids is 1. The van der Waals surface area contributed by atoms with Crippen LogP contribution in [0.3, 0.4) is 0 Å². The van der Waals surface area contributed by atoms with Crippen LogP contribution in [0.4, 0.5) is 29.2 Å². The minimum atomic E-state index is -3.73. The van der Waals surface area contributed by atoms with Gasteiger partial charge in [-0.05, 0) is 108 Å². The number of hydrogen-bond donors (Lipinski definition) is 4. The summed E-state index contributed by atoms with van der Waals surface area (Å²) in [7, 11) is 0. The van der Waals surface area contributed by atoms with Gasteiger partial charge in [-0.3, -0.25) is 14.4 Å². The molecular weight excluding hydrogens is 939 g/mol. The third-order valence-electron chi connectivity index (χ3n) is 13.1. The number of nitrogens with one attached hydrogen (secondary N) is 2. The second-order valence-electron chi connectivity index (χ2n) is 17.7. The molecule has 18 heteroatoms. The Balaban J connectivity index is 0.000000156. The van der Waals surface area contributed by atoms with Crippen LogP contribution in [0.25, 0.3) is 44.1 Å². The Morgan fingerprint density at radius 2 is 0.889 bits per heavy atom. The van der Waals surface area contributed by atoms with Gasteiger partial charge in [-0.2, -0.15) is 0 Å². The number of carboxylic acids is 1. The van der Waals surface area contributed by atoms with Crippen LogP contribution in [0.1, 0.15) is 57.5 Å². The van der Waals surface area contributed by atoms with Gasteiger partial charge in [-0.15, -0.1) is 17.6 Å². The Kier molecular flexibility index (Phi) is 10.6. The number of fused-ring (bicyclic) bond motifs is 4. The van der Waals surface area contributed by atoms with Crippen LogP contribution in [-0.2, 0) is 20.4 Å². The van der Waals surface area contributed by atoms with Gasteiger partial charge in [0.05, 0.1) is 27.8 Å². The fourth-order valence-corrected chi connectivity index (χ4v) is 9.04. The van der Waals surface area contributed by atoms with Crippen LogP contribution in [0.15, 0.2) is 146 Å². The van der Waals surface area contributed by atoms with Gasteiger partial charge in [0.25, 0.3) is 0 Å². The first-order valence-corrected chi connectivity index (χ1v) is 22.5. The predicted octanol–water partition coefficient (Wildman–Crippen LogP) is 10.6. The van der Waals surface area contributed by atoms with Crippen molar-refractivity contribution in [2.45, 2.75) is 49.1 Å². The number of hydrogen-bond acceptors (Lipinski definition) is 10. The van der Waals surface area contributed by atoms with E-state index in [1.54, 1.807) is 60.7 Å². The highest BCUT2D eigenvalue weighted by Gasteiger charge is 2.54. The van der Waals surface area contributed by atoms with Gasteiger partial charge in [-0.25, -0.2) is 14.8 Å². The lowest BCUT2D eigenvalue weighted by atomic mass is 9.94. The number of carbonyl (C=O) groups is 4. The van der Waals surface area contributed by atoms with Gasteiger partial charge in [-0.1, -0.05) is 84.9 Å². The lowest BCUT2D eigenvalue weighted by Gasteiger charge is -2.17. The number of amides is 3. The summed E-state index contributed by atoms with van der Waals surface area (Å²) in [4.78, 5) is 58.9. The van der Waals surface area contributed by atoms with Crippen molar-refractivity contribution in [2.24, 2.45) is 5.73 Å². The summed E-state index contributed by atoms with van der Waals surface area (Å²) in [6.07, 6.45) is -5.24. The summed E-state index contributed by atoms with van der Waals surface area (Å²) in [6.45, 7) is 0. The van der Waals surface area contributed by atoms with E-state index in [1.165, 1.54) is 36.4 Å². The Bertz CT molecular complexity index is 3330. The molecule has 8 aromatic rings. The van der Waals surface area contributed by atoms with Crippen molar-refractivity contribution in [2.75, 3.05) is 10.6 Å². The molecular formula is C54H37F4N5O9. The number of primary amides is 1. The number of pyridine rings is 2. The molecule has 2 saturated carbocycles. The summed E-state index contributed by atoms with van der Waals surface area (Å²) in [5, 5.41) is 18.4. The number of carbonyl (C=O) groups excluding carboxylic acids is 3. The molecule has 2 aliphatic carbocycles. The topological polar surface area (TPSA) is 201 Å². The Hall–Kier alpha value is -9.06. The van der Waals surface area contributed by atoms with Crippen LogP contribution in [0.2, 0.25) is 0 Å². The van der Waals surface area contributed by atoms with E-state index >= 15 is 0 Å². The van der Waals surface area contributed by atoms with Crippen molar-refractivity contribution in [1.29, 1.82) is 0 Å². The Morgan fingerprint density at radius 3 is 1.28 bits per heavy atom. The first kappa shape index (κ1) is 45.4. The number of carboxylic acid groups (broad SMARTS) is 1. The SMILES string of the molecule is NC(=O)c1ccc(-c2nc(NC(=O)C3(c4ccc5c(c4)OC(F)(F)O5)CC3)cc3ccccc23)cc1.O=C(O)c1ccc(-c2nc(NC(=O)C3(c4ccc5c(c4)OC(F)(F)O5)CC3)cc3ccccc23)cc1. The minimum absolute atomic E-state index is 0.0665. The zero-order chi connectivity index (χ0) is 50.2. The van der Waals surface area contributed by atoms with Crippen molar-refractivity contribution in [3.8, 4) is 45.5 Å². The summed E-state index contributed by atoms with van der Waals surface area (Å²) < 4.78 is 71.8. The molecule has 4 aliphatic rings. The molecule has 0 radical (unpaired) electrons. The average molecular weight is 976 g/mol. The van der Waals surface area contributed by atoms with Gasteiger partial charge in [0.2, 0.25) is 17.7 Å². The highest BCUT2D eigenvalue weighted by atomic mass is 19.3. The molecule has 72 heavy (non-hydrogen) atoms. The zero-order valence-electron chi connectivity index (χ0n) is 37.4. The molecule has 5 N–H and O–H groups in total. The molecule has 3 amide bonds. The van der Waals surface area contributed by atoms with Gasteiger partial charge in [0.1, 0.15) is 11.6 Å². The highest BCUT2D eigenvalue weighted by molar-refractivity contribution is 6.05. The largest absolute Gasteiger partial charge is 0.586 e. The van der Waals surface area contributed by atoms with E-state index in [4.69, 9.17) is 10.7 Å². The molecule has 6 aromatic carbocycles. The van der Waals surface area contributed by atoms with E-state index in [1.807, 2.05) is 48.5 Å². The van der Waals surface area contributed by atoms with Crippen LogP contribution in [-0.4, -0.2) is 51.4 Å². The third kappa shape index (κ3) is 8.45. The summed E-state index contributed by atoms with van der Waals surface area (Å²) in [6, 6.07) is 40.7. The number of alkyl halides is 4. The molecule has 2 aliphatic heterocycles. The van der Waals surface area contributed by atoms with E-state index in [0.29, 0.717) is 71.0 Å². The zero-order valence-corrected chi connectivity index (χ0v) is 37.4. The normalized spacial score (nSPS) is 16.5. The van der Waals surface area contributed by atoms with E-state index < -0.39 is 35.3 Å². The number of anilines is 2. The molecule has 14 nitrogen and oxygen atoms in total. The van der Waals surface area contributed by atoms with E-state index in [2.05, 4.69) is 34.6 Å². The van der Waals surface area contributed by atoms with Gasteiger partial charge in [0.15, 0.2) is 23.0 Å². The number of nitrogens with two attached hydrogens (primary N) is 1. The molecule has 0 saturated heterocycles. The molecule has 2 fully saturated rings. The highest BCUT2D eigenvalue weighted by Crippen LogP contribution is 2.54. The standard InChI is InChI=1S/C27H19F2N3O4.C27H18F2N2O5/c28-27(29)35-20-10-9-18(14-21(20)36-27)26(11-12-26)25(34)32-22-13-17-3-1-2-4-19(17)23(31-22)15-5-7-16(8-6-15)24(30)33;28-27(29)35-20-10-9-18(14-21(20)36-27)26(11-12-26)25(34)31-22-13-17-3-1-2-4-19(17)23(30-22)15-5-7-16(8-6-15)24(32)33/h1-10,13-14H,11-12H2,(H2,30,33)(H,31,32,34);1-10,13-14H,11-12H2,(H,32,33)(H,30,31,34). The summed E-state index contributed by atoms with van der Waals surface area (Å²) in [5.41, 5.74) is 7.96. The first-order valence-electron chi connectivity index (χ1n) is 22.5. The minimum Gasteiger partial charge on any atom is -0.478 e. The number of nitrogens with zero attached hydrogens (tertiary/aromatic N) is 2. The smallest absolute Gasteiger partial charge is 0.478 e. The summed E-state index contributed by atoms with van der Waals surface area (Å²) >= 11 is 0. The maximum absolute atomic E-state index is 13.4. The van der Waals surface area contributed by atoms with Crippen LogP contribution in [0.5, 0.6) is 23.0 Å². The first-order chi connectivity index (χ1) is 34.5. The van der Waals surface area contributed by atoms with E-state index in [0.717, 1.165) is 27.1 Å². The number of rotatable bonds is 10. The van der Waals surface area contributed by atoms with E-state index in [9.17, 15) is 41.8 Å². The second-order valence-corrected chi connectivity index (χ2v) is 17.7. The molecule has 360 valence electrons. The Morgan fingerprint density at radius 1 is 0.500 bits per heavy atom. The average Bonchev–Trinajstić information content (AvgIpc) is 4.29. The number of benzene rings is 6. The number of ether oxygens (including phenoxy) is 4. The molecule has 12 rings (SSSR count). The molecule has 0 unspecified atom stereocenters. The molecule has 0 atom stereocenters. The van der Waals surface area contributed by atoms with Crippen molar-refractivity contribution in [3.05, 3.63) is 168 Å². The third-order valence-corrected chi connectivity index (χ3v) is 13.1. The lowest BCUT2D eigenvalue weighted by molar-refractivity contribution is -0.287. The Labute approximate surface area is 405 Å². The van der Waals surface area contributed by atoms with Crippen LogP contribution < -0.4 is 35.3 Å². The fraction of sp³-hybridized carbons (Fsp3) is 0.148. The molecule has 0 bridgehead atoms. The number of aromatic nitrogens is 2. The monoisotopic (exact) mass is 975 g/mol. The lowest BCUT2D eigenvalue weighted by Crippen LogP contribution is -2.28. The van der Waals surface area contributed by atoms with Gasteiger partial charge in [0, 0.05) is 27.5 Å². The van der Waals surface area contributed by atoms with Crippen molar-refractivity contribution in [3.63, 3.8) is 0 Å². The summed E-state index contributed by atoms with van der Waals surface area (Å²) in [5.74, 6) is -1.80. The van der Waals surface area contributed by atoms with Crippen molar-refractivity contribution < 1.29 is 60.8 Å². The maximum Gasteiger partial charge on any atom is 0.586 e. The predicted molar refractivity (Wildman–Crippen MR) is 254 cm³/mol. The fourth-order valence-electron chi connectivity index (χ4n) is 9.04. The van der Waals surface area contributed by atoms with Crippen LogP contribution in [0, 0.1) is 0 Å².